The molecule has 110 valence electrons. The monoisotopic (exact) mass is 341 g/mol. The summed E-state index contributed by atoms with van der Waals surface area (Å²) in [6.07, 6.45) is 0.541. The average molecular weight is 342 g/mol. The maximum Gasteiger partial charge on any atom is 0.407 e. The van der Waals surface area contributed by atoms with E-state index in [-0.39, 0.29) is 18.2 Å². The van der Waals surface area contributed by atoms with Gasteiger partial charge in [-0.15, -0.1) is 0 Å². The molecule has 0 bridgehead atoms. The first-order valence-electron chi connectivity index (χ1n) is 6.65. The lowest BCUT2D eigenvalue weighted by Gasteiger charge is -2.21. The van der Waals surface area contributed by atoms with E-state index in [2.05, 4.69) is 43.0 Å². The molecule has 0 aromatic heterocycles. The number of methoxy groups -OCH3 is 1. The van der Waals surface area contributed by atoms with E-state index in [1.54, 1.807) is 0 Å². The molecule has 1 heterocycles. The van der Waals surface area contributed by atoms with E-state index in [1.165, 1.54) is 7.11 Å². The minimum absolute atomic E-state index is 0.0210. The van der Waals surface area contributed by atoms with Crippen molar-refractivity contribution in [2.24, 2.45) is 5.73 Å². The van der Waals surface area contributed by atoms with Crippen molar-refractivity contribution in [1.82, 2.24) is 5.32 Å². The highest BCUT2D eigenvalue weighted by Crippen LogP contribution is 2.31. The van der Waals surface area contributed by atoms with Gasteiger partial charge in [-0.1, -0.05) is 6.07 Å². The van der Waals surface area contributed by atoms with Gasteiger partial charge in [0.1, 0.15) is 0 Å². The minimum Gasteiger partial charge on any atom is -0.453 e. The van der Waals surface area contributed by atoms with Gasteiger partial charge in [-0.25, -0.2) is 4.79 Å². The molecule has 2 atom stereocenters. The molecule has 0 radical (unpaired) electrons. The number of nitrogens with one attached hydrogen (secondary N) is 1. The molecule has 0 aliphatic carbocycles. The number of carbonyl (C=O) groups is 1. The SMILES string of the molecule is COC(=O)NC1CCN(c2ccc(C(C)N)cc2Br)C1. The van der Waals surface area contributed by atoms with Crippen LogP contribution in [0.4, 0.5) is 10.5 Å². The van der Waals surface area contributed by atoms with Crippen LogP contribution in [0.3, 0.4) is 0 Å². The van der Waals surface area contributed by atoms with Crippen molar-refractivity contribution in [3.8, 4) is 0 Å². The number of rotatable bonds is 3. The predicted molar refractivity (Wildman–Crippen MR) is 82.9 cm³/mol. The topological polar surface area (TPSA) is 67.6 Å². The zero-order valence-corrected chi connectivity index (χ0v) is 13.3. The van der Waals surface area contributed by atoms with Crippen LogP contribution in [0.15, 0.2) is 22.7 Å². The standard InChI is InChI=1S/C14H20BrN3O2/c1-9(16)10-3-4-13(12(15)7-10)18-6-5-11(8-18)17-14(19)20-2/h3-4,7,9,11H,5-6,8,16H2,1-2H3,(H,17,19). The minimum atomic E-state index is -0.372. The fourth-order valence-corrected chi connectivity index (χ4v) is 3.03. The number of halogens is 1. The number of nitrogens with two attached hydrogens (primary N) is 1. The number of anilines is 1. The Hall–Kier alpha value is -1.27. The summed E-state index contributed by atoms with van der Waals surface area (Å²) in [5.74, 6) is 0. The molecule has 1 saturated heterocycles. The van der Waals surface area contributed by atoms with Gasteiger partial charge in [0.15, 0.2) is 0 Å². The van der Waals surface area contributed by atoms with E-state index in [0.717, 1.165) is 35.2 Å². The van der Waals surface area contributed by atoms with E-state index in [4.69, 9.17) is 5.73 Å². The molecule has 2 rings (SSSR count). The van der Waals surface area contributed by atoms with E-state index < -0.39 is 0 Å². The second-order valence-corrected chi connectivity index (χ2v) is 5.92. The first kappa shape index (κ1) is 15.1. The lowest BCUT2D eigenvalue weighted by atomic mass is 10.1. The number of carbonyl (C=O) groups excluding carboxylic acids is 1. The molecule has 6 heteroatoms. The third-order valence-corrected chi connectivity index (χ3v) is 4.17. The van der Waals surface area contributed by atoms with Crippen molar-refractivity contribution in [2.45, 2.75) is 25.4 Å². The van der Waals surface area contributed by atoms with Crippen LogP contribution in [0, 0.1) is 0 Å². The van der Waals surface area contributed by atoms with Crippen LogP contribution in [0.5, 0.6) is 0 Å². The summed E-state index contributed by atoms with van der Waals surface area (Å²) < 4.78 is 5.66. The maximum absolute atomic E-state index is 11.2. The lowest BCUT2D eigenvalue weighted by Crippen LogP contribution is -2.37. The van der Waals surface area contributed by atoms with Crippen molar-refractivity contribution >= 4 is 27.7 Å². The van der Waals surface area contributed by atoms with E-state index in [0.29, 0.717) is 0 Å². The smallest absolute Gasteiger partial charge is 0.407 e. The molecule has 20 heavy (non-hydrogen) atoms. The summed E-state index contributed by atoms with van der Waals surface area (Å²) in [4.78, 5) is 13.5. The molecular weight excluding hydrogens is 322 g/mol. The number of hydrogen-bond donors (Lipinski definition) is 2. The number of hydrogen-bond acceptors (Lipinski definition) is 4. The first-order valence-corrected chi connectivity index (χ1v) is 7.45. The Morgan fingerprint density at radius 3 is 2.95 bits per heavy atom. The molecule has 0 spiro atoms. The molecule has 1 aliphatic rings. The highest BCUT2D eigenvalue weighted by atomic mass is 79.9. The van der Waals surface area contributed by atoms with Crippen LogP contribution < -0.4 is 16.0 Å². The third-order valence-electron chi connectivity index (χ3n) is 3.53. The highest BCUT2D eigenvalue weighted by molar-refractivity contribution is 9.10. The number of benzene rings is 1. The molecule has 1 aromatic rings. The molecule has 1 amide bonds. The van der Waals surface area contributed by atoms with Gasteiger partial charge in [-0.3, -0.25) is 0 Å². The van der Waals surface area contributed by atoms with Crippen LogP contribution in [-0.4, -0.2) is 32.3 Å². The average Bonchev–Trinajstić information content (AvgIpc) is 2.86. The van der Waals surface area contributed by atoms with Crippen LogP contribution in [0.25, 0.3) is 0 Å². The largest absolute Gasteiger partial charge is 0.453 e. The Balaban J connectivity index is 2.04. The van der Waals surface area contributed by atoms with Crippen LogP contribution in [-0.2, 0) is 4.74 Å². The van der Waals surface area contributed by atoms with Gasteiger partial charge >= 0.3 is 6.09 Å². The van der Waals surface area contributed by atoms with Gasteiger partial charge in [0.05, 0.1) is 18.8 Å². The summed E-state index contributed by atoms with van der Waals surface area (Å²) in [6, 6.07) is 6.33. The number of ether oxygens (including phenoxy) is 1. The normalized spacial score (nSPS) is 19.8. The lowest BCUT2D eigenvalue weighted by molar-refractivity contribution is 0.167. The van der Waals surface area contributed by atoms with Crippen LogP contribution in [0.2, 0.25) is 0 Å². The van der Waals surface area contributed by atoms with Gasteiger partial charge < -0.3 is 20.7 Å². The van der Waals surface area contributed by atoms with Crippen molar-refractivity contribution in [3.05, 3.63) is 28.2 Å². The van der Waals surface area contributed by atoms with Crippen molar-refractivity contribution in [1.29, 1.82) is 0 Å². The third kappa shape index (κ3) is 3.43. The Morgan fingerprint density at radius 2 is 2.35 bits per heavy atom. The molecule has 1 fully saturated rings. The summed E-state index contributed by atoms with van der Waals surface area (Å²) >= 11 is 3.60. The molecule has 1 aromatic carbocycles. The molecule has 2 unspecified atom stereocenters. The second kappa shape index (κ2) is 6.45. The van der Waals surface area contributed by atoms with Crippen molar-refractivity contribution in [3.63, 3.8) is 0 Å². The number of nitrogens with zero attached hydrogens (tertiary/aromatic N) is 1. The summed E-state index contributed by atoms with van der Waals surface area (Å²) in [5.41, 5.74) is 8.11. The fraction of sp³-hybridized carbons (Fsp3) is 0.500. The first-order chi connectivity index (χ1) is 9.51. The van der Waals surface area contributed by atoms with Crippen molar-refractivity contribution in [2.75, 3.05) is 25.1 Å². The van der Waals surface area contributed by atoms with Crippen molar-refractivity contribution < 1.29 is 9.53 Å². The Morgan fingerprint density at radius 1 is 1.60 bits per heavy atom. The maximum atomic E-state index is 11.2. The van der Waals surface area contributed by atoms with E-state index >= 15 is 0 Å². The highest BCUT2D eigenvalue weighted by Gasteiger charge is 2.25. The van der Waals surface area contributed by atoms with Crippen LogP contribution in [0.1, 0.15) is 24.9 Å². The molecule has 5 nitrogen and oxygen atoms in total. The number of alkyl carbamates (subject to hydrolysis) is 1. The van der Waals surface area contributed by atoms with Gasteiger partial charge in [-0.2, -0.15) is 0 Å². The van der Waals surface area contributed by atoms with Gasteiger partial charge in [0, 0.05) is 23.6 Å². The zero-order chi connectivity index (χ0) is 14.7. The Labute approximate surface area is 127 Å². The zero-order valence-electron chi connectivity index (χ0n) is 11.7. The van der Waals surface area contributed by atoms with Gasteiger partial charge in [0.25, 0.3) is 0 Å². The van der Waals surface area contributed by atoms with E-state index in [9.17, 15) is 4.79 Å². The summed E-state index contributed by atoms with van der Waals surface area (Å²) in [5, 5.41) is 2.84. The molecule has 1 aliphatic heterocycles. The molecule has 0 saturated carbocycles. The Bertz CT molecular complexity index is 493. The Kier molecular flexibility index (Phi) is 4.88. The summed E-state index contributed by atoms with van der Waals surface area (Å²) in [7, 11) is 1.38. The second-order valence-electron chi connectivity index (χ2n) is 5.07. The molecule has 3 N–H and O–H groups in total. The fourth-order valence-electron chi connectivity index (χ4n) is 2.39. The predicted octanol–water partition coefficient (Wildman–Crippen LogP) is 2.40. The molecular formula is C14H20BrN3O2. The summed E-state index contributed by atoms with van der Waals surface area (Å²) in [6.45, 7) is 3.66. The van der Waals surface area contributed by atoms with E-state index in [1.807, 2.05) is 13.0 Å². The van der Waals surface area contributed by atoms with Crippen LogP contribution >= 0.6 is 15.9 Å². The quantitative estimate of drug-likeness (QED) is 0.885. The van der Waals surface area contributed by atoms with Gasteiger partial charge in [0.2, 0.25) is 0 Å². The number of amides is 1. The van der Waals surface area contributed by atoms with Gasteiger partial charge in [-0.05, 0) is 47.0 Å².